The Labute approximate surface area is 198 Å². The molecule has 2 aliphatic rings. The predicted octanol–water partition coefficient (Wildman–Crippen LogP) is 4.65. The highest BCUT2D eigenvalue weighted by molar-refractivity contribution is 5.89. The van der Waals surface area contributed by atoms with E-state index >= 15 is 0 Å². The normalized spacial score (nSPS) is 20.1. The number of non-ortho nitro benzene ring substituents is 1. The van der Waals surface area contributed by atoms with Gasteiger partial charge in [0, 0.05) is 30.2 Å². The molecule has 9 nitrogen and oxygen atoms in total. The highest BCUT2D eigenvalue weighted by Gasteiger charge is 2.44. The molecule has 6 rings (SSSR count). The number of carbonyl (C=O) groups excluding carboxylic acids is 1. The van der Waals surface area contributed by atoms with Crippen molar-refractivity contribution in [1.82, 2.24) is 19.3 Å². The van der Waals surface area contributed by atoms with Gasteiger partial charge in [-0.15, -0.1) is 0 Å². The molecule has 0 spiro atoms. The van der Waals surface area contributed by atoms with Crippen LogP contribution in [0.3, 0.4) is 0 Å². The number of nitrogens with zero attached hydrogens (tertiary/aromatic N) is 5. The number of benzene rings is 2. The molecule has 10 heteroatoms. The van der Waals surface area contributed by atoms with E-state index in [1.54, 1.807) is 17.1 Å². The third-order valence-electron chi connectivity index (χ3n) is 6.83. The van der Waals surface area contributed by atoms with Crippen LogP contribution >= 0.6 is 0 Å². The maximum atomic E-state index is 13.5. The van der Waals surface area contributed by atoms with Gasteiger partial charge in [0.15, 0.2) is 0 Å². The first kappa shape index (κ1) is 21.2. The van der Waals surface area contributed by atoms with Gasteiger partial charge in [0.25, 0.3) is 5.69 Å². The Morgan fingerprint density at radius 1 is 1.20 bits per heavy atom. The van der Waals surface area contributed by atoms with Gasteiger partial charge in [-0.25, -0.2) is 14.2 Å². The van der Waals surface area contributed by atoms with Crippen molar-refractivity contribution in [2.24, 2.45) is 5.92 Å². The van der Waals surface area contributed by atoms with Gasteiger partial charge in [-0.2, -0.15) is 5.10 Å². The highest BCUT2D eigenvalue weighted by Crippen LogP contribution is 2.50. The number of esters is 1. The van der Waals surface area contributed by atoms with Gasteiger partial charge in [-0.3, -0.25) is 14.8 Å². The smallest absolute Gasteiger partial charge is 0.338 e. The van der Waals surface area contributed by atoms with E-state index in [1.165, 1.54) is 24.3 Å². The monoisotopic (exact) mass is 473 g/mol. The summed E-state index contributed by atoms with van der Waals surface area (Å²) in [5, 5.41) is 15.3. The molecule has 2 aliphatic heterocycles. The Balaban J connectivity index is 1.40. The molecule has 0 bridgehead atoms. The molecule has 3 atom stereocenters. The Hall–Kier alpha value is -4.34. The summed E-state index contributed by atoms with van der Waals surface area (Å²) in [4.78, 5) is 28.0. The average molecular weight is 473 g/mol. The second-order valence-electron chi connectivity index (χ2n) is 8.72. The van der Waals surface area contributed by atoms with E-state index in [-0.39, 0.29) is 28.9 Å². The summed E-state index contributed by atoms with van der Waals surface area (Å²) in [7, 11) is 0. The number of alkyl halides is 1. The lowest BCUT2D eigenvalue weighted by Crippen LogP contribution is -2.34. The zero-order valence-electron chi connectivity index (χ0n) is 18.5. The number of fused-ring (bicyclic) bond motifs is 4. The average Bonchev–Trinajstić information content (AvgIpc) is 3.59. The Kier molecular flexibility index (Phi) is 4.94. The topological polar surface area (TPSA) is 105 Å². The molecule has 2 aromatic carbocycles. The maximum absolute atomic E-state index is 13.5. The van der Waals surface area contributed by atoms with E-state index in [0.29, 0.717) is 18.7 Å². The number of halogens is 1. The Bertz CT molecular complexity index is 1440. The summed E-state index contributed by atoms with van der Waals surface area (Å²) < 4.78 is 23.3. The van der Waals surface area contributed by atoms with Gasteiger partial charge in [-0.05, 0) is 30.2 Å². The van der Waals surface area contributed by atoms with Gasteiger partial charge < -0.3 is 9.30 Å². The second-order valence-corrected chi connectivity index (χ2v) is 8.72. The Morgan fingerprint density at radius 3 is 2.77 bits per heavy atom. The minimum Gasteiger partial charge on any atom is -0.452 e. The highest BCUT2D eigenvalue weighted by atomic mass is 19.1. The van der Waals surface area contributed by atoms with Crippen LogP contribution in [0, 0.1) is 16.0 Å². The molecule has 0 radical (unpaired) electrons. The summed E-state index contributed by atoms with van der Waals surface area (Å²) in [6.07, 6.45) is 3.56. The van der Waals surface area contributed by atoms with Gasteiger partial charge in [0.05, 0.1) is 46.1 Å². The third-order valence-corrected chi connectivity index (χ3v) is 6.83. The first-order chi connectivity index (χ1) is 17.0. The van der Waals surface area contributed by atoms with Gasteiger partial charge in [0.2, 0.25) is 0 Å². The second kappa shape index (κ2) is 8.15. The number of aryl methyl sites for hydroxylation is 1. The lowest BCUT2D eigenvalue weighted by molar-refractivity contribution is -0.384. The van der Waals surface area contributed by atoms with Crippen LogP contribution in [0.2, 0.25) is 0 Å². The van der Waals surface area contributed by atoms with Crippen molar-refractivity contribution >= 4 is 11.7 Å². The van der Waals surface area contributed by atoms with Gasteiger partial charge >= 0.3 is 5.97 Å². The molecule has 0 amide bonds. The van der Waals surface area contributed by atoms with Crippen molar-refractivity contribution in [1.29, 1.82) is 0 Å². The number of ether oxygens (including phenoxy) is 1. The number of hydrogen-bond donors (Lipinski definition) is 0. The molecule has 0 saturated carbocycles. The zero-order valence-corrected chi connectivity index (χ0v) is 18.5. The third kappa shape index (κ3) is 3.40. The molecule has 0 fully saturated rings. The van der Waals surface area contributed by atoms with Crippen molar-refractivity contribution < 1.29 is 18.8 Å². The van der Waals surface area contributed by atoms with Crippen LogP contribution in [0.5, 0.6) is 0 Å². The zero-order chi connectivity index (χ0) is 24.1. The molecule has 176 valence electrons. The van der Waals surface area contributed by atoms with Crippen LogP contribution in [0.4, 0.5) is 10.1 Å². The van der Waals surface area contributed by atoms with E-state index in [0.717, 1.165) is 16.8 Å². The van der Waals surface area contributed by atoms with Crippen LogP contribution in [0.15, 0.2) is 67.1 Å². The van der Waals surface area contributed by atoms with E-state index in [1.807, 2.05) is 18.3 Å². The van der Waals surface area contributed by atoms with Crippen molar-refractivity contribution in [3.05, 3.63) is 99.8 Å². The molecule has 2 aromatic heterocycles. The number of rotatable bonds is 5. The number of hydrogen-bond acceptors (Lipinski definition) is 6. The van der Waals surface area contributed by atoms with Crippen molar-refractivity contribution in [3.63, 3.8) is 0 Å². The first-order valence-electron chi connectivity index (χ1n) is 11.2. The maximum Gasteiger partial charge on any atom is 0.338 e. The van der Waals surface area contributed by atoms with E-state index in [9.17, 15) is 19.3 Å². The summed E-state index contributed by atoms with van der Waals surface area (Å²) in [5.74, 6) is -0.770. The van der Waals surface area contributed by atoms with Crippen LogP contribution in [0.25, 0.3) is 11.3 Å². The Morgan fingerprint density at radius 2 is 2.00 bits per heavy atom. The van der Waals surface area contributed by atoms with E-state index in [2.05, 4.69) is 26.8 Å². The fraction of sp³-hybridized carbons (Fsp3) is 0.240. The molecule has 0 aliphatic carbocycles. The molecule has 4 aromatic rings. The van der Waals surface area contributed by atoms with Crippen LogP contribution < -0.4 is 0 Å². The lowest BCUT2D eigenvalue weighted by atomic mass is 9.82. The summed E-state index contributed by atoms with van der Waals surface area (Å²) in [6, 6.07) is 14.9. The predicted molar refractivity (Wildman–Crippen MR) is 122 cm³/mol. The molecule has 0 N–H and O–H groups in total. The molecular formula is C25H20FN5O4. The number of nitro groups is 1. The summed E-state index contributed by atoms with van der Waals surface area (Å²) in [5.41, 5.74) is 4.20. The van der Waals surface area contributed by atoms with Crippen LogP contribution in [-0.2, 0) is 18.0 Å². The number of nitro benzene ring substituents is 1. The van der Waals surface area contributed by atoms with Gasteiger partial charge in [0.1, 0.15) is 12.8 Å². The quantitative estimate of drug-likeness (QED) is 0.237. The SMILES string of the molecule is O=C(O[C@@H]1c2cc(CF)nn2CC[C@H]1[C@H]1c2ccccc2-c2cncn21)c1ccc([N+](=O)[O-])cc1. The number of aromatic nitrogens is 4. The molecule has 4 heterocycles. The minimum absolute atomic E-state index is 0.113. The first-order valence-corrected chi connectivity index (χ1v) is 11.2. The van der Waals surface area contributed by atoms with Crippen molar-refractivity contribution in [2.75, 3.05) is 0 Å². The van der Waals surface area contributed by atoms with Gasteiger partial charge in [-0.1, -0.05) is 24.3 Å². The molecule has 0 saturated heterocycles. The molecule has 0 unspecified atom stereocenters. The fourth-order valence-electron chi connectivity index (χ4n) is 5.29. The number of carbonyl (C=O) groups is 1. The summed E-state index contributed by atoms with van der Waals surface area (Å²) in [6.45, 7) is -0.153. The van der Waals surface area contributed by atoms with E-state index < -0.39 is 23.7 Å². The summed E-state index contributed by atoms with van der Waals surface area (Å²) >= 11 is 0. The minimum atomic E-state index is -0.717. The van der Waals surface area contributed by atoms with Crippen molar-refractivity contribution in [2.45, 2.75) is 31.8 Å². The molecule has 35 heavy (non-hydrogen) atoms. The standard InChI is InChI=1S/C25H20FN5O4/c26-12-16-11-21-24(35-25(32)15-5-7-17(8-6-15)31(33)34)20(9-10-30(21)28-16)23-19-4-2-1-3-18(19)22-13-27-14-29(22)23/h1-8,11,13-14,20,23-24H,9-10,12H2/t20-,23+,24-/m0/s1. The van der Waals surface area contributed by atoms with Crippen LogP contribution in [-0.4, -0.2) is 30.2 Å². The van der Waals surface area contributed by atoms with Crippen LogP contribution in [0.1, 0.15) is 45.9 Å². The largest absolute Gasteiger partial charge is 0.452 e. The van der Waals surface area contributed by atoms with E-state index in [4.69, 9.17) is 4.74 Å². The number of imidazole rings is 1. The fourth-order valence-corrected chi connectivity index (χ4v) is 5.29. The van der Waals surface area contributed by atoms with Crippen molar-refractivity contribution in [3.8, 4) is 11.3 Å². The lowest BCUT2D eigenvalue weighted by Gasteiger charge is -2.36. The molecular weight excluding hydrogens is 453 g/mol.